The molecule has 19 heavy (non-hydrogen) atoms. The molecule has 0 fully saturated rings. The Bertz CT molecular complexity index is 656. The van der Waals surface area contributed by atoms with Crippen LogP contribution in [0.15, 0.2) is 36.4 Å². The Morgan fingerprint density at radius 1 is 1.11 bits per heavy atom. The molecule has 1 aliphatic heterocycles. The standard InChI is InChI=1S/C17H16O2/c1-11-6-7-14(12(2)10-11)16(18)15-5-3-4-13-8-9-19-17(13)15/h3-7,10H,8-9H2,1-2H3. The Morgan fingerprint density at radius 3 is 2.74 bits per heavy atom. The van der Waals surface area contributed by atoms with Gasteiger partial charge in [0.2, 0.25) is 0 Å². The SMILES string of the molecule is Cc1ccc(C(=O)c2cccc3c2OCC3)c(C)c1. The van der Waals surface area contributed by atoms with E-state index in [0.29, 0.717) is 12.2 Å². The molecule has 2 aromatic carbocycles. The molecule has 0 spiro atoms. The summed E-state index contributed by atoms with van der Waals surface area (Å²) in [5.41, 5.74) is 4.76. The molecular formula is C17H16O2. The lowest BCUT2D eigenvalue weighted by Crippen LogP contribution is -2.05. The maximum absolute atomic E-state index is 12.7. The lowest BCUT2D eigenvalue weighted by atomic mass is 9.96. The first-order chi connectivity index (χ1) is 9.16. The van der Waals surface area contributed by atoms with Crippen LogP contribution in [0.5, 0.6) is 5.75 Å². The smallest absolute Gasteiger partial charge is 0.197 e. The minimum atomic E-state index is 0.0521. The lowest BCUT2D eigenvalue weighted by molar-refractivity contribution is 0.103. The lowest BCUT2D eigenvalue weighted by Gasteiger charge is -2.09. The van der Waals surface area contributed by atoms with Crippen LogP contribution in [0.25, 0.3) is 0 Å². The van der Waals surface area contributed by atoms with Gasteiger partial charge in [0.25, 0.3) is 0 Å². The molecule has 0 saturated heterocycles. The van der Waals surface area contributed by atoms with Crippen LogP contribution in [-0.4, -0.2) is 12.4 Å². The number of carbonyl (C=O) groups excluding carboxylic acids is 1. The van der Waals surface area contributed by atoms with Crippen LogP contribution in [0.1, 0.15) is 32.6 Å². The van der Waals surface area contributed by atoms with Crippen molar-refractivity contribution >= 4 is 5.78 Å². The fraction of sp³-hybridized carbons (Fsp3) is 0.235. The Labute approximate surface area is 113 Å². The van der Waals surface area contributed by atoms with E-state index in [-0.39, 0.29) is 5.78 Å². The number of para-hydroxylation sites is 1. The van der Waals surface area contributed by atoms with E-state index >= 15 is 0 Å². The average molecular weight is 252 g/mol. The third kappa shape index (κ3) is 2.03. The van der Waals surface area contributed by atoms with Crippen molar-refractivity contribution < 1.29 is 9.53 Å². The average Bonchev–Trinajstić information content (AvgIpc) is 2.86. The van der Waals surface area contributed by atoms with Crippen molar-refractivity contribution in [2.24, 2.45) is 0 Å². The first-order valence-electron chi connectivity index (χ1n) is 6.53. The summed E-state index contributed by atoms with van der Waals surface area (Å²) in [5.74, 6) is 0.823. The summed E-state index contributed by atoms with van der Waals surface area (Å²) in [6.45, 7) is 4.68. The van der Waals surface area contributed by atoms with Crippen molar-refractivity contribution in [1.29, 1.82) is 0 Å². The molecule has 0 bridgehead atoms. The maximum atomic E-state index is 12.7. The molecule has 1 heterocycles. The quantitative estimate of drug-likeness (QED) is 0.765. The summed E-state index contributed by atoms with van der Waals surface area (Å²) in [6.07, 6.45) is 0.892. The van der Waals surface area contributed by atoms with Gasteiger partial charge in [-0.2, -0.15) is 0 Å². The van der Waals surface area contributed by atoms with Crippen LogP contribution in [0.2, 0.25) is 0 Å². The number of hydrogen-bond donors (Lipinski definition) is 0. The number of ether oxygens (including phenoxy) is 1. The molecule has 1 aliphatic rings. The van der Waals surface area contributed by atoms with E-state index in [2.05, 4.69) is 0 Å². The molecule has 0 aliphatic carbocycles. The van der Waals surface area contributed by atoms with Gasteiger partial charge in [0, 0.05) is 12.0 Å². The van der Waals surface area contributed by atoms with Gasteiger partial charge in [-0.25, -0.2) is 0 Å². The van der Waals surface area contributed by atoms with Crippen molar-refractivity contribution in [1.82, 2.24) is 0 Å². The van der Waals surface area contributed by atoms with Crippen molar-refractivity contribution in [2.45, 2.75) is 20.3 Å². The van der Waals surface area contributed by atoms with Gasteiger partial charge in [0.15, 0.2) is 5.78 Å². The van der Waals surface area contributed by atoms with Crippen molar-refractivity contribution in [2.75, 3.05) is 6.61 Å². The van der Waals surface area contributed by atoms with Crippen LogP contribution in [-0.2, 0) is 6.42 Å². The molecule has 0 aromatic heterocycles. The normalized spacial score (nSPS) is 12.9. The molecule has 0 unspecified atom stereocenters. The Balaban J connectivity index is 2.08. The third-order valence-corrected chi connectivity index (χ3v) is 3.59. The highest BCUT2D eigenvalue weighted by Gasteiger charge is 2.22. The highest BCUT2D eigenvalue weighted by Crippen LogP contribution is 2.31. The fourth-order valence-corrected chi connectivity index (χ4v) is 2.61. The summed E-state index contributed by atoms with van der Waals surface area (Å²) in [6, 6.07) is 11.7. The zero-order valence-corrected chi connectivity index (χ0v) is 11.2. The minimum absolute atomic E-state index is 0.0521. The number of aryl methyl sites for hydroxylation is 2. The highest BCUT2D eigenvalue weighted by molar-refractivity contribution is 6.11. The molecule has 2 aromatic rings. The molecule has 96 valence electrons. The third-order valence-electron chi connectivity index (χ3n) is 3.59. The molecule has 0 N–H and O–H groups in total. The van der Waals surface area contributed by atoms with Gasteiger partial charge in [-0.15, -0.1) is 0 Å². The molecule has 0 atom stereocenters. The number of benzene rings is 2. The van der Waals surface area contributed by atoms with Crippen molar-refractivity contribution in [3.8, 4) is 5.75 Å². The summed E-state index contributed by atoms with van der Waals surface area (Å²) in [7, 11) is 0. The largest absolute Gasteiger partial charge is 0.492 e. The second kappa shape index (κ2) is 4.54. The topological polar surface area (TPSA) is 26.3 Å². The van der Waals surface area contributed by atoms with E-state index in [1.54, 1.807) is 0 Å². The van der Waals surface area contributed by atoms with Gasteiger partial charge in [-0.1, -0.05) is 35.9 Å². The number of hydrogen-bond acceptors (Lipinski definition) is 2. The van der Waals surface area contributed by atoms with E-state index < -0.39 is 0 Å². The fourth-order valence-electron chi connectivity index (χ4n) is 2.61. The number of fused-ring (bicyclic) bond motifs is 1. The first-order valence-corrected chi connectivity index (χ1v) is 6.53. The van der Waals surface area contributed by atoms with Gasteiger partial charge in [0.1, 0.15) is 5.75 Å². The summed E-state index contributed by atoms with van der Waals surface area (Å²) >= 11 is 0. The van der Waals surface area contributed by atoms with Crippen LogP contribution < -0.4 is 4.74 Å². The van der Waals surface area contributed by atoms with Crippen LogP contribution in [0, 0.1) is 13.8 Å². The predicted molar refractivity (Wildman–Crippen MR) is 75.0 cm³/mol. The second-order valence-corrected chi connectivity index (χ2v) is 5.04. The predicted octanol–water partition coefficient (Wildman–Crippen LogP) is 3.47. The van der Waals surface area contributed by atoms with Crippen LogP contribution >= 0.6 is 0 Å². The van der Waals surface area contributed by atoms with E-state index in [9.17, 15) is 4.79 Å². The van der Waals surface area contributed by atoms with E-state index in [1.807, 2.05) is 50.2 Å². The minimum Gasteiger partial charge on any atom is -0.492 e. The molecule has 2 nitrogen and oxygen atoms in total. The van der Waals surface area contributed by atoms with Crippen LogP contribution in [0.4, 0.5) is 0 Å². The Hall–Kier alpha value is -2.09. The van der Waals surface area contributed by atoms with E-state index in [1.165, 1.54) is 5.56 Å². The molecule has 2 heteroatoms. The molecule has 3 rings (SSSR count). The summed E-state index contributed by atoms with van der Waals surface area (Å²) in [5, 5.41) is 0. The summed E-state index contributed by atoms with van der Waals surface area (Å²) in [4.78, 5) is 12.7. The zero-order chi connectivity index (χ0) is 13.4. The van der Waals surface area contributed by atoms with E-state index in [4.69, 9.17) is 4.74 Å². The van der Waals surface area contributed by atoms with Gasteiger partial charge in [-0.3, -0.25) is 4.79 Å². The molecule has 0 amide bonds. The van der Waals surface area contributed by atoms with Gasteiger partial charge >= 0.3 is 0 Å². The van der Waals surface area contributed by atoms with Crippen molar-refractivity contribution in [3.05, 3.63) is 64.2 Å². The van der Waals surface area contributed by atoms with E-state index in [0.717, 1.165) is 28.9 Å². The highest BCUT2D eigenvalue weighted by atomic mass is 16.5. The van der Waals surface area contributed by atoms with Gasteiger partial charge in [-0.05, 0) is 31.0 Å². The number of carbonyl (C=O) groups is 1. The monoisotopic (exact) mass is 252 g/mol. The number of rotatable bonds is 2. The van der Waals surface area contributed by atoms with Crippen LogP contribution in [0.3, 0.4) is 0 Å². The zero-order valence-electron chi connectivity index (χ0n) is 11.2. The van der Waals surface area contributed by atoms with Gasteiger partial charge in [0.05, 0.1) is 12.2 Å². The first kappa shape index (κ1) is 12.0. The number of ketones is 1. The summed E-state index contributed by atoms with van der Waals surface area (Å²) < 4.78 is 5.61. The van der Waals surface area contributed by atoms with Crippen molar-refractivity contribution in [3.63, 3.8) is 0 Å². The Kier molecular flexibility index (Phi) is 2.86. The molecular weight excluding hydrogens is 236 g/mol. The molecule has 0 radical (unpaired) electrons. The Morgan fingerprint density at radius 2 is 1.95 bits per heavy atom. The molecule has 0 saturated carbocycles. The second-order valence-electron chi connectivity index (χ2n) is 5.04. The van der Waals surface area contributed by atoms with Gasteiger partial charge < -0.3 is 4.74 Å². The maximum Gasteiger partial charge on any atom is 0.197 e.